The molecule has 0 aliphatic carbocycles. The van der Waals surface area contributed by atoms with Crippen molar-refractivity contribution in [2.45, 2.75) is 13.8 Å². The number of rotatable bonds is 4. The first-order valence-electron chi connectivity index (χ1n) is 4.96. The first kappa shape index (κ1) is 12.3. The number of nitrogens with zero attached hydrogens (tertiary/aromatic N) is 1. The Morgan fingerprint density at radius 3 is 2.31 bits per heavy atom. The highest BCUT2D eigenvalue weighted by atomic mass is 16.2. The third-order valence-electron chi connectivity index (χ3n) is 2.14. The van der Waals surface area contributed by atoms with Crippen molar-refractivity contribution in [1.82, 2.24) is 9.99 Å². The van der Waals surface area contributed by atoms with Crippen LogP contribution in [-0.4, -0.2) is 29.6 Å². The van der Waals surface area contributed by atoms with Crippen LogP contribution in [0.1, 0.15) is 11.4 Å². The summed E-state index contributed by atoms with van der Waals surface area (Å²) < 4.78 is 1.66. The average molecular weight is 224 g/mol. The van der Waals surface area contributed by atoms with E-state index in [1.54, 1.807) is 4.68 Å². The predicted octanol–water partition coefficient (Wildman–Crippen LogP) is -0.750. The maximum absolute atomic E-state index is 11.4. The number of nitrogens with one attached hydrogen (secondary N) is 2. The van der Waals surface area contributed by atoms with Crippen LogP contribution < -0.4 is 16.5 Å². The molecule has 0 spiro atoms. The number of carbonyl (C=O) groups is 2. The SMILES string of the molecule is Cc1ccc(C)n1NC(=O)CNC(=O)CN. The second-order valence-electron chi connectivity index (χ2n) is 3.47. The third-order valence-corrected chi connectivity index (χ3v) is 2.14. The summed E-state index contributed by atoms with van der Waals surface area (Å²) >= 11 is 0. The van der Waals surface area contributed by atoms with Gasteiger partial charge in [0.05, 0.1) is 13.1 Å². The maximum Gasteiger partial charge on any atom is 0.258 e. The number of nitrogens with two attached hydrogens (primary N) is 1. The van der Waals surface area contributed by atoms with E-state index in [1.165, 1.54) is 0 Å². The van der Waals surface area contributed by atoms with Crippen molar-refractivity contribution in [2.24, 2.45) is 5.73 Å². The van der Waals surface area contributed by atoms with E-state index < -0.39 is 0 Å². The molecular weight excluding hydrogens is 208 g/mol. The van der Waals surface area contributed by atoms with Crippen LogP contribution in [-0.2, 0) is 9.59 Å². The molecule has 88 valence electrons. The number of amides is 2. The number of aromatic nitrogens is 1. The normalized spacial score (nSPS) is 9.94. The first-order chi connectivity index (χ1) is 7.54. The zero-order chi connectivity index (χ0) is 12.1. The van der Waals surface area contributed by atoms with Gasteiger partial charge >= 0.3 is 0 Å². The molecule has 2 amide bonds. The summed E-state index contributed by atoms with van der Waals surface area (Å²) in [5.74, 6) is -0.639. The molecule has 0 unspecified atom stereocenters. The van der Waals surface area contributed by atoms with E-state index in [0.29, 0.717) is 0 Å². The minimum atomic E-state index is -0.351. The number of carbonyl (C=O) groups excluding carboxylic acids is 2. The van der Waals surface area contributed by atoms with Gasteiger partial charge in [0.15, 0.2) is 0 Å². The number of hydrogen-bond acceptors (Lipinski definition) is 3. The Labute approximate surface area is 93.8 Å². The largest absolute Gasteiger partial charge is 0.346 e. The quantitative estimate of drug-likeness (QED) is 0.628. The van der Waals surface area contributed by atoms with Gasteiger partial charge in [-0.25, -0.2) is 0 Å². The standard InChI is InChI=1S/C10H16N4O2/c1-7-3-4-8(2)14(7)13-10(16)6-12-9(15)5-11/h3-4H,5-6,11H2,1-2H3,(H,12,15)(H,13,16). The molecule has 16 heavy (non-hydrogen) atoms. The van der Waals surface area contributed by atoms with Crippen LogP contribution in [0.15, 0.2) is 12.1 Å². The summed E-state index contributed by atoms with van der Waals surface area (Å²) in [6, 6.07) is 3.79. The van der Waals surface area contributed by atoms with Crippen molar-refractivity contribution >= 4 is 11.8 Å². The van der Waals surface area contributed by atoms with Crippen LogP contribution in [0.4, 0.5) is 0 Å². The third kappa shape index (κ3) is 3.09. The summed E-state index contributed by atoms with van der Waals surface area (Å²) in [6.07, 6.45) is 0. The minimum Gasteiger partial charge on any atom is -0.346 e. The molecule has 1 aromatic heterocycles. The Balaban J connectivity index is 2.49. The average Bonchev–Trinajstić information content (AvgIpc) is 2.57. The molecule has 0 aliphatic rings. The molecule has 6 heteroatoms. The van der Waals surface area contributed by atoms with Gasteiger partial charge in [0.25, 0.3) is 5.91 Å². The molecule has 0 aromatic carbocycles. The molecule has 0 radical (unpaired) electrons. The molecule has 1 aromatic rings. The van der Waals surface area contributed by atoms with Crippen LogP contribution in [0.5, 0.6) is 0 Å². The molecule has 0 saturated carbocycles. The monoisotopic (exact) mass is 224 g/mol. The summed E-state index contributed by atoms with van der Waals surface area (Å²) in [7, 11) is 0. The zero-order valence-corrected chi connectivity index (χ0v) is 9.41. The van der Waals surface area contributed by atoms with Crippen molar-refractivity contribution < 1.29 is 9.59 Å². The lowest BCUT2D eigenvalue weighted by atomic mass is 10.5. The molecule has 4 N–H and O–H groups in total. The van der Waals surface area contributed by atoms with Gasteiger partial charge in [-0.1, -0.05) is 0 Å². The molecule has 0 bridgehead atoms. The van der Waals surface area contributed by atoms with Gasteiger partial charge in [-0.05, 0) is 26.0 Å². The van der Waals surface area contributed by atoms with Crippen molar-refractivity contribution in [1.29, 1.82) is 0 Å². The first-order valence-corrected chi connectivity index (χ1v) is 4.96. The topological polar surface area (TPSA) is 89.2 Å². The fourth-order valence-electron chi connectivity index (χ4n) is 1.26. The Morgan fingerprint density at radius 1 is 1.25 bits per heavy atom. The zero-order valence-electron chi connectivity index (χ0n) is 9.41. The Kier molecular flexibility index (Phi) is 4.07. The molecule has 6 nitrogen and oxygen atoms in total. The van der Waals surface area contributed by atoms with Crippen LogP contribution in [0.3, 0.4) is 0 Å². The molecule has 0 saturated heterocycles. The van der Waals surface area contributed by atoms with Gasteiger partial charge < -0.3 is 11.1 Å². The molecule has 0 fully saturated rings. The van der Waals surface area contributed by atoms with E-state index >= 15 is 0 Å². The van der Waals surface area contributed by atoms with Gasteiger partial charge in [-0.2, -0.15) is 0 Å². The van der Waals surface area contributed by atoms with E-state index in [0.717, 1.165) is 11.4 Å². The van der Waals surface area contributed by atoms with Gasteiger partial charge in [0.1, 0.15) is 0 Å². The van der Waals surface area contributed by atoms with E-state index in [-0.39, 0.29) is 24.9 Å². The van der Waals surface area contributed by atoms with Crippen molar-refractivity contribution in [3.05, 3.63) is 23.5 Å². The number of hydrogen-bond donors (Lipinski definition) is 3. The van der Waals surface area contributed by atoms with Crippen LogP contribution in [0.2, 0.25) is 0 Å². The Hall–Kier alpha value is -1.82. The van der Waals surface area contributed by atoms with Crippen LogP contribution in [0, 0.1) is 13.8 Å². The van der Waals surface area contributed by atoms with E-state index in [2.05, 4.69) is 10.7 Å². The van der Waals surface area contributed by atoms with E-state index in [4.69, 9.17) is 5.73 Å². The van der Waals surface area contributed by atoms with Gasteiger partial charge in [-0.3, -0.25) is 19.7 Å². The lowest BCUT2D eigenvalue weighted by Crippen LogP contribution is -2.39. The smallest absolute Gasteiger partial charge is 0.258 e. The second kappa shape index (κ2) is 5.32. The highest BCUT2D eigenvalue weighted by molar-refractivity contribution is 5.89. The van der Waals surface area contributed by atoms with Gasteiger partial charge in [-0.15, -0.1) is 0 Å². The van der Waals surface area contributed by atoms with Crippen LogP contribution >= 0.6 is 0 Å². The second-order valence-corrected chi connectivity index (χ2v) is 3.47. The van der Waals surface area contributed by atoms with Gasteiger partial charge in [0.2, 0.25) is 5.91 Å². The van der Waals surface area contributed by atoms with Gasteiger partial charge in [0, 0.05) is 11.4 Å². The molecule has 1 heterocycles. The molecule has 0 atom stereocenters. The summed E-state index contributed by atoms with van der Waals surface area (Å²) in [5.41, 5.74) is 9.61. The molecular formula is C10H16N4O2. The predicted molar refractivity (Wildman–Crippen MR) is 60.3 cm³/mol. The summed E-state index contributed by atoms with van der Waals surface area (Å²) in [4.78, 5) is 22.3. The Morgan fingerprint density at radius 2 is 1.81 bits per heavy atom. The van der Waals surface area contributed by atoms with Crippen LogP contribution in [0.25, 0.3) is 0 Å². The fourth-order valence-corrected chi connectivity index (χ4v) is 1.26. The fraction of sp³-hybridized carbons (Fsp3) is 0.400. The van der Waals surface area contributed by atoms with Crippen molar-refractivity contribution in [3.63, 3.8) is 0 Å². The summed E-state index contributed by atoms with van der Waals surface area (Å²) in [5, 5.41) is 2.39. The lowest BCUT2D eigenvalue weighted by Gasteiger charge is -2.11. The Bertz CT molecular complexity index is 378. The summed E-state index contributed by atoms with van der Waals surface area (Å²) in [6.45, 7) is 3.57. The lowest BCUT2D eigenvalue weighted by molar-refractivity contribution is -0.123. The van der Waals surface area contributed by atoms with Crippen molar-refractivity contribution in [2.75, 3.05) is 18.5 Å². The minimum absolute atomic E-state index is 0.0763. The van der Waals surface area contributed by atoms with Crippen molar-refractivity contribution in [3.8, 4) is 0 Å². The maximum atomic E-state index is 11.4. The molecule has 0 aliphatic heterocycles. The van der Waals surface area contributed by atoms with E-state index in [9.17, 15) is 9.59 Å². The highest BCUT2D eigenvalue weighted by Gasteiger charge is 2.06. The molecule has 1 rings (SSSR count). The van der Waals surface area contributed by atoms with E-state index in [1.807, 2.05) is 26.0 Å². The highest BCUT2D eigenvalue weighted by Crippen LogP contribution is 2.03. The number of aryl methyl sites for hydroxylation is 2.